The molecule has 6 nitrogen and oxygen atoms in total. The fourth-order valence-electron chi connectivity index (χ4n) is 1.92. The fourth-order valence-corrected chi connectivity index (χ4v) is 1.92. The lowest BCUT2D eigenvalue weighted by molar-refractivity contribution is 0.417. The van der Waals surface area contributed by atoms with Crippen LogP contribution in [-0.2, 0) is 13.5 Å². The molecule has 2 aromatic rings. The van der Waals surface area contributed by atoms with E-state index in [1.54, 1.807) is 4.68 Å². The molecule has 0 spiro atoms. The molecular weight excluding hydrogens is 242 g/mol. The van der Waals surface area contributed by atoms with E-state index in [9.17, 15) is 0 Å². The molecule has 2 aromatic heterocycles. The molecule has 0 radical (unpaired) electrons. The van der Waals surface area contributed by atoms with Crippen LogP contribution in [0.3, 0.4) is 0 Å². The van der Waals surface area contributed by atoms with E-state index in [2.05, 4.69) is 41.3 Å². The number of aromatic nitrogens is 4. The van der Waals surface area contributed by atoms with Crippen molar-refractivity contribution in [2.75, 3.05) is 7.05 Å². The van der Waals surface area contributed by atoms with Crippen molar-refractivity contribution < 1.29 is 4.52 Å². The summed E-state index contributed by atoms with van der Waals surface area (Å²) in [5.74, 6) is 1.59. The molecule has 19 heavy (non-hydrogen) atoms. The zero-order valence-electron chi connectivity index (χ0n) is 12.1. The molecule has 0 bridgehead atoms. The summed E-state index contributed by atoms with van der Waals surface area (Å²) in [4.78, 5) is 4.45. The maximum Gasteiger partial charge on any atom is 0.261 e. The van der Waals surface area contributed by atoms with E-state index in [1.165, 1.54) is 0 Å². The number of nitrogens with zero attached hydrogens (tertiary/aromatic N) is 4. The average Bonchev–Trinajstić information content (AvgIpc) is 2.95. The lowest BCUT2D eigenvalue weighted by atomic mass is 10.1. The first-order valence-electron chi connectivity index (χ1n) is 6.55. The number of aryl methyl sites for hydroxylation is 1. The van der Waals surface area contributed by atoms with Crippen LogP contribution in [-0.4, -0.2) is 33.0 Å². The minimum Gasteiger partial charge on any atom is -0.334 e. The predicted octanol–water partition coefficient (Wildman–Crippen LogP) is 1.74. The van der Waals surface area contributed by atoms with E-state index in [0.29, 0.717) is 17.9 Å². The highest BCUT2D eigenvalue weighted by Crippen LogP contribution is 2.26. The molecule has 0 aliphatic heterocycles. The Balaban J connectivity index is 2.27. The van der Waals surface area contributed by atoms with Crippen molar-refractivity contribution in [2.24, 2.45) is 7.05 Å². The molecule has 104 valence electrons. The van der Waals surface area contributed by atoms with Crippen molar-refractivity contribution in [3.05, 3.63) is 17.7 Å². The molecule has 6 heteroatoms. The van der Waals surface area contributed by atoms with Gasteiger partial charge in [-0.25, -0.2) is 0 Å². The van der Waals surface area contributed by atoms with Crippen molar-refractivity contribution in [2.45, 2.75) is 39.2 Å². The van der Waals surface area contributed by atoms with Gasteiger partial charge in [0.25, 0.3) is 5.89 Å². The van der Waals surface area contributed by atoms with Gasteiger partial charge in [-0.1, -0.05) is 19.0 Å². The summed E-state index contributed by atoms with van der Waals surface area (Å²) >= 11 is 0. The summed E-state index contributed by atoms with van der Waals surface area (Å²) < 4.78 is 7.14. The first-order valence-corrected chi connectivity index (χ1v) is 6.55. The topological polar surface area (TPSA) is 68.8 Å². The molecular formula is C13H21N5O. The summed E-state index contributed by atoms with van der Waals surface area (Å²) in [7, 11) is 3.82. The zero-order valence-corrected chi connectivity index (χ0v) is 12.1. The third-order valence-corrected chi connectivity index (χ3v) is 3.08. The molecule has 0 saturated heterocycles. The number of hydrogen-bond donors (Lipinski definition) is 1. The maximum absolute atomic E-state index is 5.36. The van der Waals surface area contributed by atoms with E-state index >= 15 is 0 Å². The van der Waals surface area contributed by atoms with E-state index < -0.39 is 0 Å². The minimum absolute atomic E-state index is 0.322. The third-order valence-electron chi connectivity index (χ3n) is 3.08. The Bertz CT molecular complexity index is 543. The van der Waals surface area contributed by atoms with Crippen LogP contribution in [0.15, 0.2) is 10.7 Å². The van der Waals surface area contributed by atoms with E-state index in [0.717, 1.165) is 23.5 Å². The zero-order chi connectivity index (χ0) is 14.0. The van der Waals surface area contributed by atoms with Gasteiger partial charge in [0, 0.05) is 25.7 Å². The number of hydrogen-bond acceptors (Lipinski definition) is 5. The van der Waals surface area contributed by atoms with Gasteiger partial charge in [0.15, 0.2) is 5.82 Å². The Hall–Kier alpha value is -1.69. The molecule has 1 atom stereocenters. The Morgan fingerprint density at radius 1 is 1.37 bits per heavy atom. The van der Waals surface area contributed by atoms with Gasteiger partial charge >= 0.3 is 0 Å². The van der Waals surface area contributed by atoms with Gasteiger partial charge in [-0.05, 0) is 19.9 Å². The smallest absolute Gasteiger partial charge is 0.261 e. The Morgan fingerprint density at radius 2 is 2.11 bits per heavy atom. The number of nitrogens with one attached hydrogen (secondary N) is 1. The van der Waals surface area contributed by atoms with Crippen LogP contribution in [0.2, 0.25) is 0 Å². The van der Waals surface area contributed by atoms with Crippen molar-refractivity contribution in [3.63, 3.8) is 0 Å². The quantitative estimate of drug-likeness (QED) is 0.890. The molecule has 0 aliphatic rings. The number of rotatable bonds is 5. The van der Waals surface area contributed by atoms with Crippen LogP contribution < -0.4 is 5.32 Å². The van der Waals surface area contributed by atoms with Crippen LogP contribution in [0, 0.1) is 0 Å². The van der Waals surface area contributed by atoms with E-state index in [4.69, 9.17) is 4.52 Å². The third kappa shape index (κ3) is 3.01. The first kappa shape index (κ1) is 13.7. The average molecular weight is 263 g/mol. The molecule has 1 unspecified atom stereocenters. The Morgan fingerprint density at radius 3 is 2.74 bits per heavy atom. The second-order valence-electron chi connectivity index (χ2n) is 5.17. The standard InChI is InChI=1S/C13H21N5O/c1-8(2)12-10(7-18(5)16-12)13-15-11(17-19-13)6-9(3)14-4/h7-9,14H,6H2,1-5H3. The molecule has 0 saturated carbocycles. The molecule has 2 rings (SSSR count). The molecule has 1 N–H and O–H groups in total. The predicted molar refractivity (Wildman–Crippen MR) is 72.8 cm³/mol. The highest BCUT2D eigenvalue weighted by Gasteiger charge is 2.19. The van der Waals surface area contributed by atoms with Gasteiger partial charge < -0.3 is 9.84 Å². The first-order chi connectivity index (χ1) is 9.01. The summed E-state index contributed by atoms with van der Waals surface area (Å²) in [5, 5.41) is 11.6. The summed E-state index contributed by atoms with van der Waals surface area (Å²) in [5.41, 5.74) is 1.91. The van der Waals surface area contributed by atoms with Crippen LogP contribution in [0.1, 0.15) is 38.2 Å². The lowest BCUT2D eigenvalue weighted by Crippen LogP contribution is -2.24. The SMILES string of the molecule is CNC(C)Cc1noc(-c2cn(C)nc2C(C)C)n1. The van der Waals surface area contributed by atoms with E-state index in [-0.39, 0.29) is 0 Å². The van der Waals surface area contributed by atoms with Crippen LogP contribution >= 0.6 is 0 Å². The maximum atomic E-state index is 5.36. The molecule has 0 fully saturated rings. The van der Waals surface area contributed by atoms with Gasteiger partial charge in [-0.15, -0.1) is 0 Å². The second-order valence-corrected chi connectivity index (χ2v) is 5.17. The normalized spacial score (nSPS) is 13.2. The van der Waals surface area contributed by atoms with Crippen molar-refractivity contribution >= 4 is 0 Å². The highest BCUT2D eigenvalue weighted by molar-refractivity contribution is 5.56. The molecule has 2 heterocycles. The highest BCUT2D eigenvalue weighted by atomic mass is 16.5. The van der Waals surface area contributed by atoms with Crippen molar-refractivity contribution in [1.82, 2.24) is 25.2 Å². The summed E-state index contributed by atoms with van der Waals surface area (Å²) in [6.07, 6.45) is 2.67. The summed E-state index contributed by atoms with van der Waals surface area (Å²) in [6.45, 7) is 6.29. The van der Waals surface area contributed by atoms with Gasteiger partial charge in [0.05, 0.1) is 11.3 Å². The largest absolute Gasteiger partial charge is 0.334 e. The van der Waals surface area contributed by atoms with Crippen LogP contribution in [0.4, 0.5) is 0 Å². The Labute approximate surface area is 113 Å². The van der Waals surface area contributed by atoms with Crippen molar-refractivity contribution in [3.8, 4) is 11.5 Å². The van der Waals surface area contributed by atoms with Gasteiger partial charge in [-0.3, -0.25) is 4.68 Å². The molecule has 0 amide bonds. The molecule has 0 aliphatic carbocycles. The van der Waals surface area contributed by atoms with Gasteiger partial charge in [0.1, 0.15) is 0 Å². The molecule has 0 aromatic carbocycles. The fraction of sp³-hybridized carbons (Fsp3) is 0.615. The van der Waals surface area contributed by atoms with Gasteiger partial charge in [0.2, 0.25) is 0 Å². The summed E-state index contributed by atoms with van der Waals surface area (Å²) in [6, 6.07) is 0.323. The van der Waals surface area contributed by atoms with E-state index in [1.807, 2.05) is 20.3 Å². The lowest BCUT2D eigenvalue weighted by Gasteiger charge is -2.04. The number of likely N-dealkylation sites (N-methyl/N-ethyl adjacent to an activating group) is 1. The van der Waals surface area contributed by atoms with Crippen molar-refractivity contribution in [1.29, 1.82) is 0 Å². The minimum atomic E-state index is 0.322. The Kier molecular flexibility index (Phi) is 3.99. The van der Waals surface area contributed by atoms with Crippen LogP contribution in [0.5, 0.6) is 0 Å². The van der Waals surface area contributed by atoms with Crippen LogP contribution in [0.25, 0.3) is 11.5 Å². The van der Waals surface area contributed by atoms with Gasteiger partial charge in [-0.2, -0.15) is 10.1 Å². The second kappa shape index (κ2) is 5.52. The monoisotopic (exact) mass is 263 g/mol.